The van der Waals surface area contributed by atoms with E-state index in [9.17, 15) is 0 Å². The molecule has 2 N–H and O–H groups in total. The molecule has 0 bridgehead atoms. The minimum absolute atomic E-state index is 0.256. The Bertz CT molecular complexity index is 818. The third-order valence-corrected chi connectivity index (χ3v) is 5.83. The van der Waals surface area contributed by atoms with Gasteiger partial charge in [-0.15, -0.1) is 0 Å². The third-order valence-electron chi connectivity index (χ3n) is 4.30. The van der Waals surface area contributed by atoms with E-state index in [-0.39, 0.29) is 4.75 Å². The summed E-state index contributed by atoms with van der Waals surface area (Å²) in [6.07, 6.45) is 4.35. The molecule has 1 aromatic carbocycles. The molecule has 0 radical (unpaired) electrons. The topological polar surface area (TPSA) is 56.7 Å². The highest BCUT2D eigenvalue weighted by molar-refractivity contribution is 8.00. The van der Waals surface area contributed by atoms with Crippen LogP contribution in [0.2, 0.25) is 0 Å². The minimum Gasteiger partial charge on any atom is -0.369 e. The fourth-order valence-electron chi connectivity index (χ4n) is 3.24. The number of anilines is 1. The molecular weight excluding hydrogens is 280 g/mol. The maximum Gasteiger partial charge on any atom is 0.201 e. The number of hydrogen-bond donors (Lipinski definition) is 1. The van der Waals surface area contributed by atoms with Gasteiger partial charge in [-0.1, -0.05) is 18.2 Å². The molecule has 0 aliphatic carbocycles. The molecule has 4 rings (SSSR count). The van der Waals surface area contributed by atoms with E-state index in [0.29, 0.717) is 5.95 Å². The van der Waals surface area contributed by atoms with Crippen molar-refractivity contribution in [3.05, 3.63) is 30.5 Å². The Labute approximate surface area is 127 Å². The van der Waals surface area contributed by atoms with Crippen LogP contribution in [0.25, 0.3) is 21.9 Å². The summed E-state index contributed by atoms with van der Waals surface area (Å²) in [4.78, 5) is 8.98. The van der Waals surface area contributed by atoms with Crippen molar-refractivity contribution < 1.29 is 0 Å². The second-order valence-electron chi connectivity index (χ2n) is 5.97. The number of aromatic nitrogens is 3. The Balaban J connectivity index is 1.94. The number of nitrogens with two attached hydrogens (primary N) is 1. The Morgan fingerprint density at radius 2 is 2.19 bits per heavy atom. The summed E-state index contributed by atoms with van der Waals surface area (Å²) in [6.45, 7) is 3.24. The zero-order valence-corrected chi connectivity index (χ0v) is 12.9. The van der Waals surface area contributed by atoms with E-state index in [1.54, 1.807) is 0 Å². The Morgan fingerprint density at radius 3 is 3.00 bits per heavy atom. The van der Waals surface area contributed by atoms with Crippen LogP contribution in [0.5, 0.6) is 0 Å². The van der Waals surface area contributed by atoms with E-state index in [1.807, 2.05) is 36.2 Å². The lowest BCUT2D eigenvalue weighted by Crippen LogP contribution is -2.24. The van der Waals surface area contributed by atoms with Crippen LogP contribution in [0, 0.1) is 0 Å². The van der Waals surface area contributed by atoms with E-state index < -0.39 is 0 Å². The molecular formula is C16H18N4S. The summed E-state index contributed by atoms with van der Waals surface area (Å²) in [5.74, 6) is 1.84. The van der Waals surface area contributed by atoms with Crippen molar-refractivity contribution in [2.24, 2.45) is 0 Å². The largest absolute Gasteiger partial charge is 0.369 e. The van der Waals surface area contributed by atoms with Crippen LogP contribution in [0.15, 0.2) is 30.5 Å². The lowest BCUT2D eigenvalue weighted by Gasteiger charge is -2.24. The van der Waals surface area contributed by atoms with E-state index >= 15 is 0 Å². The van der Waals surface area contributed by atoms with Crippen molar-refractivity contribution >= 4 is 39.6 Å². The normalized spacial score (nSPS) is 22.3. The number of rotatable bonds is 2. The predicted molar refractivity (Wildman–Crippen MR) is 89.5 cm³/mol. The highest BCUT2D eigenvalue weighted by Gasteiger charge is 2.31. The Kier molecular flexibility index (Phi) is 2.85. The lowest BCUT2D eigenvalue weighted by atomic mass is 10.1. The summed E-state index contributed by atoms with van der Waals surface area (Å²) in [7, 11) is 0. The van der Waals surface area contributed by atoms with Gasteiger partial charge in [0.2, 0.25) is 5.95 Å². The van der Waals surface area contributed by atoms with Gasteiger partial charge in [-0.05, 0) is 31.6 Å². The number of pyridine rings is 1. The molecule has 1 saturated heterocycles. The molecule has 0 amide bonds. The fourth-order valence-corrected chi connectivity index (χ4v) is 4.53. The van der Waals surface area contributed by atoms with Gasteiger partial charge in [0.1, 0.15) is 5.52 Å². The van der Waals surface area contributed by atoms with Crippen LogP contribution in [-0.4, -0.2) is 25.0 Å². The summed E-state index contributed by atoms with van der Waals surface area (Å²) >= 11 is 2.05. The molecule has 5 heteroatoms. The molecule has 1 aliphatic rings. The number of nitrogens with zero attached hydrogens (tertiary/aromatic N) is 3. The van der Waals surface area contributed by atoms with Gasteiger partial charge < -0.3 is 10.3 Å². The average molecular weight is 298 g/mol. The zero-order chi connectivity index (χ0) is 14.4. The highest BCUT2D eigenvalue weighted by atomic mass is 32.2. The highest BCUT2D eigenvalue weighted by Crippen LogP contribution is 2.40. The molecule has 3 heterocycles. The molecule has 4 nitrogen and oxygen atoms in total. The van der Waals surface area contributed by atoms with Crippen molar-refractivity contribution in [1.29, 1.82) is 0 Å². The van der Waals surface area contributed by atoms with E-state index in [2.05, 4.69) is 27.5 Å². The molecule has 0 spiro atoms. The summed E-state index contributed by atoms with van der Waals surface area (Å²) in [5, 5.41) is 1.13. The van der Waals surface area contributed by atoms with Gasteiger partial charge in [-0.3, -0.25) is 4.98 Å². The molecule has 1 fully saturated rings. The fraction of sp³-hybridized carbons (Fsp3) is 0.375. The van der Waals surface area contributed by atoms with Gasteiger partial charge in [0, 0.05) is 16.7 Å². The number of benzene rings is 1. The second-order valence-corrected chi connectivity index (χ2v) is 7.65. The molecule has 1 atom stereocenters. The van der Waals surface area contributed by atoms with Crippen LogP contribution < -0.4 is 5.73 Å². The number of fused-ring (bicyclic) bond motifs is 3. The van der Waals surface area contributed by atoms with E-state index in [4.69, 9.17) is 5.73 Å². The summed E-state index contributed by atoms with van der Waals surface area (Å²) in [6, 6.07) is 8.20. The number of thioether (sulfide) groups is 1. The third kappa shape index (κ3) is 2.07. The zero-order valence-electron chi connectivity index (χ0n) is 12.0. The molecule has 108 valence electrons. The number of para-hydroxylation sites is 1. The van der Waals surface area contributed by atoms with Gasteiger partial charge in [-0.25, -0.2) is 4.98 Å². The van der Waals surface area contributed by atoms with Crippen LogP contribution in [0.3, 0.4) is 0 Å². The maximum atomic E-state index is 6.20. The minimum atomic E-state index is 0.256. The van der Waals surface area contributed by atoms with Crippen LogP contribution >= 0.6 is 11.8 Å². The monoisotopic (exact) mass is 298 g/mol. The lowest BCUT2D eigenvalue weighted by molar-refractivity contribution is 0.523. The van der Waals surface area contributed by atoms with E-state index in [0.717, 1.165) is 28.5 Å². The first kappa shape index (κ1) is 13.0. The first-order valence-electron chi connectivity index (χ1n) is 7.30. The van der Waals surface area contributed by atoms with Gasteiger partial charge in [0.05, 0.1) is 17.2 Å². The van der Waals surface area contributed by atoms with Crippen LogP contribution in [0.1, 0.15) is 19.8 Å². The molecule has 1 aliphatic heterocycles. The number of imidazole rings is 1. The van der Waals surface area contributed by atoms with Gasteiger partial charge in [0.15, 0.2) is 0 Å². The van der Waals surface area contributed by atoms with Crippen molar-refractivity contribution in [2.45, 2.75) is 31.1 Å². The standard InChI is InChI=1S/C16H18N4S/c1-16(7-4-8-21-16)10-20-14-11-5-2-3-6-12(11)18-9-13(14)19-15(20)17/h2-3,5-6,9H,4,7-8,10H2,1H3,(H2,17,19). The summed E-state index contributed by atoms with van der Waals surface area (Å²) < 4.78 is 2.43. The predicted octanol–water partition coefficient (Wildman–Crippen LogP) is 3.45. The van der Waals surface area contributed by atoms with Gasteiger partial charge >= 0.3 is 0 Å². The number of nitrogen functional groups attached to an aromatic ring is 1. The SMILES string of the molecule is CC1(Cn2c(N)nc3cnc4ccccc4c32)CCCS1. The maximum absolute atomic E-state index is 6.20. The smallest absolute Gasteiger partial charge is 0.201 e. The first-order chi connectivity index (χ1) is 10.2. The van der Waals surface area contributed by atoms with Crippen LogP contribution in [0.4, 0.5) is 5.95 Å². The molecule has 1 unspecified atom stereocenters. The van der Waals surface area contributed by atoms with Crippen molar-refractivity contribution in [2.75, 3.05) is 11.5 Å². The van der Waals surface area contributed by atoms with E-state index in [1.165, 1.54) is 18.6 Å². The average Bonchev–Trinajstić information content (AvgIpc) is 3.04. The van der Waals surface area contributed by atoms with Crippen molar-refractivity contribution in [3.63, 3.8) is 0 Å². The second kappa shape index (κ2) is 4.63. The van der Waals surface area contributed by atoms with Crippen molar-refractivity contribution in [1.82, 2.24) is 14.5 Å². The number of hydrogen-bond acceptors (Lipinski definition) is 4. The molecule has 21 heavy (non-hydrogen) atoms. The molecule has 3 aromatic rings. The van der Waals surface area contributed by atoms with Gasteiger partial charge in [-0.2, -0.15) is 11.8 Å². The van der Waals surface area contributed by atoms with Crippen LogP contribution in [-0.2, 0) is 6.54 Å². The quantitative estimate of drug-likeness (QED) is 0.787. The Morgan fingerprint density at radius 1 is 1.33 bits per heavy atom. The Hall–Kier alpha value is -1.75. The van der Waals surface area contributed by atoms with Crippen molar-refractivity contribution in [3.8, 4) is 0 Å². The van der Waals surface area contributed by atoms with Gasteiger partial charge in [0.25, 0.3) is 0 Å². The molecule has 0 saturated carbocycles. The molecule has 2 aromatic heterocycles. The first-order valence-corrected chi connectivity index (χ1v) is 8.28. The summed E-state index contributed by atoms with van der Waals surface area (Å²) in [5.41, 5.74) is 9.20.